The van der Waals surface area contributed by atoms with Crippen molar-refractivity contribution in [2.24, 2.45) is 17.8 Å². The van der Waals surface area contributed by atoms with Gasteiger partial charge < -0.3 is 5.32 Å². The van der Waals surface area contributed by atoms with Crippen molar-refractivity contribution in [3.8, 4) is 0 Å². The first-order chi connectivity index (χ1) is 5.16. The Bertz CT molecular complexity index is 120. The summed E-state index contributed by atoms with van der Waals surface area (Å²) in [7, 11) is 2.08. The van der Waals surface area contributed by atoms with Crippen LogP contribution in [0, 0.1) is 17.8 Å². The average molecular weight is 155 g/mol. The Balaban J connectivity index is 2.11. The molecule has 1 heteroatoms. The fourth-order valence-electron chi connectivity index (χ4n) is 1.99. The Morgan fingerprint density at radius 3 is 2.36 bits per heavy atom. The molecule has 0 bridgehead atoms. The number of rotatable bonds is 4. The maximum Gasteiger partial charge on any atom is 0.0124 e. The van der Waals surface area contributed by atoms with Gasteiger partial charge in [-0.1, -0.05) is 27.2 Å². The van der Waals surface area contributed by atoms with Crippen LogP contribution >= 0.6 is 0 Å². The zero-order valence-corrected chi connectivity index (χ0v) is 8.22. The van der Waals surface area contributed by atoms with Crippen LogP contribution in [0.3, 0.4) is 0 Å². The Hall–Kier alpha value is -0.0400. The summed E-state index contributed by atoms with van der Waals surface area (Å²) in [5.74, 6) is 2.78. The van der Waals surface area contributed by atoms with Crippen molar-refractivity contribution in [3.63, 3.8) is 0 Å². The maximum atomic E-state index is 3.36. The number of hydrogen-bond acceptors (Lipinski definition) is 1. The summed E-state index contributed by atoms with van der Waals surface area (Å²) in [6.07, 6.45) is 2.82. The van der Waals surface area contributed by atoms with Gasteiger partial charge in [-0.05, 0) is 31.2 Å². The van der Waals surface area contributed by atoms with E-state index in [1.807, 2.05) is 0 Å². The smallest absolute Gasteiger partial charge is 0.0124 e. The fraction of sp³-hybridized carbons (Fsp3) is 1.00. The molecule has 0 aliphatic heterocycles. The highest BCUT2D eigenvalue weighted by molar-refractivity contribution is 4.99. The van der Waals surface area contributed by atoms with Crippen LogP contribution in [0.2, 0.25) is 0 Å². The minimum Gasteiger partial charge on any atom is -0.316 e. The predicted octanol–water partition coefficient (Wildman–Crippen LogP) is 2.28. The van der Waals surface area contributed by atoms with E-state index in [2.05, 4.69) is 33.1 Å². The second-order valence-electron chi connectivity index (χ2n) is 4.31. The van der Waals surface area contributed by atoms with Gasteiger partial charge in [0.25, 0.3) is 0 Å². The monoisotopic (exact) mass is 155 g/mol. The lowest BCUT2D eigenvalue weighted by Gasteiger charge is -2.02. The van der Waals surface area contributed by atoms with Crippen LogP contribution in [0.1, 0.15) is 33.6 Å². The summed E-state index contributed by atoms with van der Waals surface area (Å²) in [4.78, 5) is 0. The predicted molar refractivity (Wildman–Crippen MR) is 49.6 cm³/mol. The second-order valence-corrected chi connectivity index (χ2v) is 4.31. The van der Waals surface area contributed by atoms with Gasteiger partial charge in [0.15, 0.2) is 0 Å². The quantitative estimate of drug-likeness (QED) is 0.656. The van der Waals surface area contributed by atoms with E-state index in [4.69, 9.17) is 0 Å². The third-order valence-electron chi connectivity index (χ3n) is 2.97. The molecule has 3 unspecified atom stereocenters. The van der Waals surface area contributed by atoms with E-state index in [1.165, 1.54) is 12.8 Å². The highest BCUT2D eigenvalue weighted by Gasteiger charge is 2.44. The molecule has 0 amide bonds. The molecular formula is C10H21N. The SMILES string of the molecule is CNC1C(C)C1CCC(C)C. The van der Waals surface area contributed by atoms with E-state index in [0.29, 0.717) is 0 Å². The van der Waals surface area contributed by atoms with Crippen molar-refractivity contribution in [3.05, 3.63) is 0 Å². The Kier molecular flexibility index (Phi) is 2.94. The Labute approximate surface area is 70.6 Å². The molecule has 0 heterocycles. The summed E-state index contributed by atoms with van der Waals surface area (Å²) in [5, 5.41) is 3.36. The molecule has 1 aliphatic rings. The van der Waals surface area contributed by atoms with Crippen molar-refractivity contribution >= 4 is 0 Å². The topological polar surface area (TPSA) is 12.0 Å². The van der Waals surface area contributed by atoms with Crippen LogP contribution in [0.15, 0.2) is 0 Å². The molecular weight excluding hydrogens is 134 g/mol. The third-order valence-corrected chi connectivity index (χ3v) is 2.97. The van der Waals surface area contributed by atoms with Gasteiger partial charge in [0.1, 0.15) is 0 Å². The van der Waals surface area contributed by atoms with Crippen molar-refractivity contribution < 1.29 is 0 Å². The van der Waals surface area contributed by atoms with Crippen LogP contribution in [-0.2, 0) is 0 Å². The van der Waals surface area contributed by atoms with Crippen molar-refractivity contribution in [1.29, 1.82) is 0 Å². The summed E-state index contributed by atoms with van der Waals surface area (Å²) >= 11 is 0. The largest absolute Gasteiger partial charge is 0.316 e. The van der Waals surface area contributed by atoms with Crippen LogP contribution in [-0.4, -0.2) is 13.1 Å². The molecule has 0 aromatic carbocycles. The first-order valence-electron chi connectivity index (χ1n) is 4.84. The average Bonchev–Trinajstić information content (AvgIpc) is 2.56. The molecule has 66 valence electrons. The second kappa shape index (κ2) is 3.57. The van der Waals surface area contributed by atoms with Crippen LogP contribution in [0.25, 0.3) is 0 Å². The molecule has 0 spiro atoms. The molecule has 1 saturated carbocycles. The van der Waals surface area contributed by atoms with Gasteiger partial charge in [-0.25, -0.2) is 0 Å². The molecule has 0 aromatic heterocycles. The number of hydrogen-bond donors (Lipinski definition) is 1. The molecule has 0 aromatic rings. The van der Waals surface area contributed by atoms with Gasteiger partial charge in [0.2, 0.25) is 0 Å². The standard InChI is InChI=1S/C10H21N/c1-7(2)5-6-9-8(3)10(9)11-4/h7-11H,5-6H2,1-4H3. The van der Waals surface area contributed by atoms with Gasteiger partial charge in [0.05, 0.1) is 0 Å². The minimum atomic E-state index is 0.828. The molecule has 11 heavy (non-hydrogen) atoms. The highest BCUT2D eigenvalue weighted by Crippen LogP contribution is 2.42. The van der Waals surface area contributed by atoms with Gasteiger partial charge in [0, 0.05) is 6.04 Å². The fourth-order valence-corrected chi connectivity index (χ4v) is 1.99. The summed E-state index contributed by atoms with van der Waals surface area (Å²) in [5.41, 5.74) is 0. The Morgan fingerprint density at radius 1 is 1.36 bits per heavy atom. The summed E-state index contributed by atoms with van der Waals surface area (Å²) in [6.45, 7) is 6.97. The van der Waals surface area contributed by atoms with Crippen LogP contribution in [0.5, 0.6) is 0 Å². The zero-order chi connectivity index (χ0) is 8.43. The van der Waals surface area contributed by atoms with Crippen LogP contribution < -0.4 is 5.32 Å². The molecule has 1 fully saturated rings. The van der Waals surface area contributed by atoms with Gasteiger partial charge in [-0.3, -0.25) is 0 Å². The lowest BCUT2D eigenvalue weighted by atomic mass is 10.1. The van der Waals surface area contributed by atoms with Gasteiger partial charge in [-0.2, -0.15) is 0 Å². The first-order valence-corrected chi connectivity index (χ1v) is 4.84. The third kappa shape index (κ3) is 2.19. The summed E-state index contributed by atoms with van der Waals surface area (Å²) < 4.78 is 0. The van der Waals surface area contributed by atoms with E-state index in [1.54, 1.807) is 0 Å². The van der Waals surface area contributed by atoms with Crippen molar-refractivity contribution in [1.82, 2.24) is 5.32 Å². The van der Waals surface area contributed by atoms with E-state index < -0.39 is 0 Å². The molecule has 1 N–H and O–H groups in total. The lowest BCUT2D eigenvalue weighted by Crippen LogP contribution is -2.12. The van der Waals surface area contributed by atoms with Crippen molar-refractivity contribution in [2.75, 3.05) is 7.05 Å². The van der Waals surface area contributed by atoms with Crippen molar-refractivity contribution in [2.45, 2.75) is 39.7 Å². The van der Waals surface area contributed by atoms with Gasteiger partial charge in [-0.15, -0.1) is 0 Å². The molecule has 0 saturated heterocycles. The zero-order valence-electron chi connectivity index (χ0n) is 8.22. The molecule has 1 aliphatic carbocycles. The molecule has 3 atom stereocenters. The molecule has 0 radical (unpaired) electrons. The maximum absolute atomic E-state index is 3.36. The van der Waals surface area contributed by atoms with E-state index in [9.17, 15) is 0 Å². The molecule has 1 nitrogen and oxygen atoms in total. The first kappa shape index (κ1) is 9.05. The van der Waals surface area contributed by atoms with E-state index in [0.717, 1.165) is 23.8 Å². The minimum absolute atomic E-state index is 0.828. The van der Waals surface area contributed by atoms with E-state index in [-0.39, 0.29) is 0 Å². The summed E-state index contributed by atoms with van der Waals surface area (Å²) in [6, 6.07) is 0.828. The van der Waals surface area contributed by atoms with Gasteiger partial charge >= 0.3 is 0 Å². The van der Waals surface area contributed by atoms with E-state index >= 15 is 0 Å². The lowest BCUT2D eigenvalue weighted by molar-refractivity contribution is 0.506. The normalized spacial score (nSPS) is 36.3. The number of nitrogens with one attached hydrogen (secondary N) is 1. The Morgan fingerprint density at radius 2 is 2.00 bits per heavy atom. The van der Waals surface area contributed by atoms with Crippen LogP contribution in [0.4, 0.5) is 0 Å². The highest BCUT2D eigenvalue weighted by atomic mass is 15.0. The molecule has 1 rings (SSSR count).